The maximum atomic E-state index is 13.1. The quantitative estimate of drug-likeness (QED) is 0.813. The van der Waals surface area contributed by atoms with Crippen molar-refractivity contribution < 1.29 is 22.7 Å². The maximum Gasteiger partial charge on any atom is 0.416 e. The van der Waals surface area contributed by atoms with Crippen LogP contribution in [0, 0.1) is 11.3 Å². The van der Waals surface area contributed by atoms with E-state index in [1.165, 1.54) is 24.4 Å². The summed E-state index contributed by atoms with van der Waals surface area (Å²) in [5, 5.41) is 11.8. The van der Waals surface area contributed by atoms with Gasteiger partial charge in [0.25, 0.3) is 0 Å². The fourth-order valence-electron chi connectivity index (χ4n) is 3.58. The predicted molar refractivity (Wildman–Crippen MR) is 96.3 cm³/mol. The van der Waals surface area contributed by atoms with Crippen LogP contribution in [-0.4, -0.2) is 16.1 Å². The van der Waals surface area contributed by atoms with Gasteiger partial charge in [0.2, 0.25) is 5.82 Å². The van der Waals surface area contributed by atoms with Gasteiger partial charge < -0.3 is 10.1 Å². The summed E-state index contributed by atoms with van der Waals surface area (Å²) in [6, 6.07) is 8.46. The van der Waals surface area contributed by atoms with Crippen LogP contribution in [0.4, 0.5) is 18.0 Å². The number of amides is 1. The molecule has 1 saturated carbocycles. The van der Waals surface area contributed by atoms with Crippen molar-refractivity contribution in [2.45, 2.75) is 50.4 Å². The molecule has 152 valence electrons. The normalized spacial score (nSPS) is 15.9. The molecular weight excluding hydrogens is 385 g/mol. The van der Waals surface area contributed by atoms with E-state index in [4.69, 9.17) is 10.00 Å². The molecule has 1 aliphatic rings. The SMILES string of the molecule is N#Cc1nccc(C2(NC(=O)OCc3ccccc3C(F)(F)F)CCCCC2)n1. The van der Waals surface area contributed by atoms with Gasteiger partial charge in [0.1, 0.15) is 12.7 Å². The number of carbonyl (C=O) groups excluding carboxylic acids is 1. The van der Waals surface area contributed by atoms with Gasteiger partial charge in [-0.2, -0.15) is 18.4 Å². The molecule has 2 aromatic rings. The van der Waals surface area contributed by atoms with Crippen LogP contribution >= 0.6 is 0 Å². The highest BCUT2D eigenvalue weighted by molar-refractivity contribution is 5.68. The Kier molecular flexibility index (Phi) is 6.01. The minimum absolute atomic E-state index is 0.0123. The monoisotopic (exact) mass is 404 g/mol. The van der Waals surface area contributed by atoms with Crippen LogP contribution in [0.15, 0.2) is 36.5 Å². The van der Waals surface area contributed by atoms with Gasteiger partial charge in [-0.1, -0.05) is 37.5 Å². The lowest BCUT2D eigenvalue weighted by molar-refractivity contribution is -0.138. The number of aromatic nitrogens is 2. The summed E-state index contributed by atoms with van der Waals surface area (Å²) in [7, 11) is 0. The van der Waals surface area contributed by atoms with Crippen LogP contribution in [0.2, 0.25) is 0 Å². The number of hydrogen-bond acceptors (Lipinski definition) is 5. The van der Waals surface area contributed by atoms with Crippen molar-refractivity contribution in [2.75, 3.05) is 0 Å². The molecular formula is C20H19F3N4O2. The summed E-state index contributed by atoms with van der Waals surface area (Å²) in [6.45, 7) is -0.509. The largest absolute Gasteiger partial charge is 0.445 e. The number of carbonyl (C=O) groups is 1. The van der Waals surface area contributed by atoms with E-state index < -0.39 is 30.0 Å². The van der Waals surface area contributed by atoms with Crippen LogP contribution in [-0.2, 0) is 23.1 Å². The zero-order valence-electron chi connectivity index (χ0n) is 15.5. The number of hydrogen-bond donors (Lipinski definition) is 1. The minimum atomic E-state index is -4.53. The van der Waals surface area contributed by atoms with E-state index in [-0.39, 0.29) is 11.4 Å². The number of nitrogens with one attached hydrogen (secondary N) is 1. The van der Waals surface area contributed by atoms with E-state index in [9.17, 15) is 18.0 Å². The molecule has 1 amide bonds. The molecule has 29 heavy (non-hydrogen) atoms. The van der Waals surface area contributed by atoms with E-state index in [2.05, 4.69) is 15.3 Å². The second kappa shape index (κ2) is 8.47. The Morgan fingerprint density at radius 2 is 1.93 bits per heavy atom. The second-order valence-corrected chi connectivity index (χ2v) is 6.88. The number of alkyl halides is 3. The van der Waals surface area contributed by atoms with E-state index in [1.807, 2.05) is 6.07 Å². The van der Waals surface area contributed by atoms with E-state index in [0.29, 0.717) is 18.5 Å². The number of alkyl carbamates (subject to hydrolysis) is 1. The smallest absolute Gasteiger partial charge is 0.416 e. The maximum absolute atomic E-state index is 13.1. The molecule has 9 heteroatoms. The molecule has 1 N–H and O–H groups in total. The number of halogens is 3. The summed E-state index contributed by atoms with van der Waals surface area (Å²) in [5.74, 6) is -0.0123. The molecule has 1 aromatic carbocycles. The summed E-state index contributed by atoms with van der Waals surface area (Å²) in [4.78, 5) is 20.5. The van der Waals surface area contributed by atoms with E-state index in [1.54, 1.807) is 6.07 Å². The topological polar surface area (TPSA) is 87.9 Å². The van der Waals surface area contributed by atoms with Gasteiger partial charge in [-0.05, 0) is 25.0 Å². The van der Waals surface area contributed by atoms with Crippen LogP contribution < -0.4 is 5.32 Å². The Bertz CT molecular complexity index is 918. The summed E-state index contributed by atoms with van der Waals surface area (Å²) < 4.78 is 44.4. The molecule has 0 radical (unpaired) electrons. The molecule has 0 spiro atoms. The van der Waals surface area contributed by atoms with Gasteiger partial charge in [-0.25, -0.2) is 14.8 Å². The standard InChI is InChI=1S/C20H19F3N4O2/c21-20(22,23)15-7-3-2-6-14(15)13-29-18(28)27-19(9-4-1-5-10-19)16-8-11-25-17(12-24)26-16/h2-3,6-8,11H,1,4-5,9-10,13H2,(H,27,28). The lowest BCUT2D eigenvalue weighted by Crippen LogP contribution is -2.48. The first-order valence-corrected chi connectivity index (χ1v) is 9.18. The molecule has 1 aliphatic carbocycles. The Hall–Kier alpha value is -3.15. The van der Waals surface area contributed by atoms with Crippen molar-refractivity contribution in [2.24, 2.45) is 0 Å². The zero-order chi connectivity index (χ0) is 20.9. The van der Waals surface area contributed by atoms with Crippen LogP contribution in [0.25, 0.3) is 0 Å². The van der Waals surface area contributed by atoms with Crippen LogP contribution in [0.3, 0.4) is 0 Å². The van der Waals surface area contributed by atoms with Gasteiger partial charge >= 0.3 is 12.3 Å². The van der Waals surface area contributed by atoms with Crippen LogP contribution in [0.5, 0.6) is 0 Å². The first-order chi connectivity index (χ1) is 13.8. The molecule has 0 atom stereocenters. The van der Waals surface area contributed by atoms with Crippen molar-refractivity contribution in [3.05, 3.63) is 59.2 Å². The van der Waals surface area contributed by atoms with Crippen molar-refractivity contribution in [1.82, 2.24) is 15.3 Å². The average molecular weight is 404 g/mol. The third-order valence-corrected chi connectivity index (χ3v) is 4.98. The lowest BCUT2D eigenvalue weighted by atomic mass is 9.79. The predicted octanol–water partition coefficient (Wildman–Crippen LogP) is 4.45. The molecule has 6 nitrogen and oxygen atoms in total. The molecule has 0 aliphatic heterocycles. The number of rotatable bonds is 4. The fraction of sp³-hybridized carbons (Fsp3) is 0.400. The van der Waals surface area contributed by atoms with Gasteiger partial charge in [0.15, 0.2) is 0 Å². The van der Waals surface area contributed by atoms with Crippen molar-refractivity contribution in [3.8, 4) is 6.07 Å². The fourth-order valence-corrected chi connectivity index (χ4v) is 3.58. The third kappa shape index (κ3) is 4.83. The molecule has 0 saturated heterocycles. The third-order valence-electron chi connectivity index (χ3n) is 4.98. The lowest BCUT2D eigenvalue weighted by Gasteiger charge is -2.37. The number of benzene rings is 1. The van der Waals surface area contributed by atoms with Gasteiger partial charge in [0.05, 0.1) is 16.8 Å². The van der Waals surface area contributed by atoms with E-state index in [0.717, 1.165) is 25.3 Å². The Labute approximate surface area is 165 Å². The average Bonchev–Trinajstić information content (AvgIpc) is 2.72. The zero-order valence-corrected chi connectivity index (χ0v) is 15.5. The van der Waals surface area contributed by atoms with Crippen LogP contribution in [0.1, 0.15) is 54.7 Å². The number of nitrogens with zero attached hydrogens (tertiary/aromatic N) is 3. The second-order valence-electron chi connectivity index (χ2n) is 6.88. The summed E-state index contributed by atoms with van der Waals surface area (Å²) in [5.41, 5.74) is -1.30. The van der Waals surface area contributed by atoms with Crippen molar-refractivity contribution in [3.63, 3.8) is 0 Å². The van der Waals surface area contributed by atoms with Gasteiger partial charge in [0, 0.05) is 11.8 Å². The van der Waals surface area contributed by atoms with Gasteiger partial charge in [-0.3, -0.25) is 0 Å². The highest BCUT2D eigenvalue weighted by Gasteiger charge is 2.38. The minimum Gasteiger partial charge on any atom is -0.445 e. The number of nitriles is 1. The van der Waals surface area contributed by atoms with E-state index >= 15 is 0 Å². The first kappa shape index (κ1) is 20.6. The Balaban J connectivity index is 1.76. The molecule has 1 aromatic heterocycles. The summed E-state index contributed by atoms with van der Waals surface area (Å²) in [6.07, 6.45) is -0.0769. The molecule has 0 unspecified atom stereocenters. The number of ether oxygens (including phenoxy) is 1. The molecule has 1 fully saturated rings. The molecule has 1 heterocycles. The summed E-state index contributed by atoms with van der Waals surface area (Å²) >= 11 is 0. The van der Waals surface area contributed by atoms with Gasteiger partial charge in [-0.15, -0.1) is 0 Å². The Morgan fingerprint density at radius 1 is 1.21 bits per heavy atom. The molecule has 3 rings (SSSR count). The van der Waals surface area contributed by atoms with Crippen molar-refractivity contribution in [1.29, 1.82) is 5.26 Å². The first-order valence-electron chi connectivity index (χ1n) is 9.18. The molecule has 0 bridgehead atoms. The van der Waals surface area contributed by atoms with Crippen molar-refractivity contribution >= 4 is 6.09 Å². The Morgan fingerprint density at radius 3 is 2.62 bits per heavy atom. The highest BCUT2D eigenvalue weighted by Crippen LogP contribution is 2.36. The highest BCUT2D eigenvalue weighted by atomic mass is 19.4.